The van der Waals surface area contributed by atoms with Crippen molar-refractivity contribution in [3.05, 3.63) is 72.6 Å². The van der Waals surface area contributed by atoms with Crippen LogP contribution in [0, 0.1) is 39.0 Å². The molecule has 0 amide bonds. The quantitative estimate of drug-likeness (QED) is 0.448. The minimum atomic E-state index is -2.21. The Bertz CT molecular complexity index is 1220. The molecule has 0 saturated heterocycles. The molecule has 1 unspecified atom stereocenters. The van der Waals surface area contributed by atoms with E-state index in [9.17, 15) is 0 Å². The molecule has 2 aliphatic carbocycles. The SMILES string of the molecule is CCC1C=C(C(C)(C)C)C=[C]1[Zr+2](=[C](C)C)[c]1c(C)c(C)cc2c1Cc1cc(C)c(C)cc1-2.[Cl-].[Cl-]. The molecule has 4 rings (SSSR count). The number of allylic oxidation sites excluding steroid dienone is 4. The Morgan fingerprint density at radius 1 is 0.912 bits per heavy atom. The van der Waals surface area contributed by atoms with Gasteiger partial charge in [-0.3, -0.25) is 0 Å². The molecule has 0 fully saturated rings. The van der Waals surface area contributed by atoms with Crippen LogP contribution in [0.15, 0.2) is 39.2 Å². The van der Waals surface area contributed by atoms with E-state index in [1.165, 1.54) is 39.8 Å². The van der Waals surface area contributed by atoms with E-state index >= 15 is 0 Å². The maximum atomic E-state index is 2.64. The zero-order valence-electron chi connectivity index (χ0n) is 22.6. The average Bonchev–Trinajstić information content (AvgIpc) is 3.27. The molecular formula is C31H40Cl2Zr. The molecular weight excluding hydrogens is 534 g/mol. The first-order valence-electron chi connectivity index (χ1n) is 12.3. The van der Waals surface area contributed by atoms with E-state index in [4.69, 9.17) is 0 Å². The van der Waals surface area contributed by atoms with Gasteiger partial charge in [0, 0.05) is 0 Å². The topological polar surface area (TPSA) is 0 Å². The number of rotatable bonds is 3. The van der Waals surface area contributed by atoms with Crippen LogP contribution >= 0.6 is 0 Å². The summed E-state index contributed by atoms with van der Waals surface area (Å²) in [5.74, 6) is 0.623. The van der Waals surface area contributed by atoms with Crippen LogP contribution in [0.25, 0.3) is 11.1 Å². The molecule has 0 radical (unpaired) electrons. The molecule has 0 heterocycles. The van der Waals surface area contributed by atoms with Gasteiger partial charge in [-0.25, -0.2) is 0 Å². The largest absolute Gasteiger partial charge is 1.00 e. The van der Waals surface area contributed by atoms with E-state index in [2.05, 4.69) is 99.6 Å². The van der Waals surface area contributed by atoms with E-state index in [0.717, 1.165) is 6.42 Å². The molecule has 0 aliphatic heterocycles. The van der Waals surface area contributed by atoms with Crippen molar-refractivity contribution in [3.8, 4) is 11.1 Å². The van der Waals surface area contributed by atoms with Crippen LogP contribution in [-0.4, -0.2) is 3.21 Å². The van der Waals surface area contributed by atoms with Gasteiger partial charge in [0.05, 0.1) is 0 Å². The minimum absolute atomic E-state index is 0. The van der Waals surface area contributed by atoms with Crippen molar-refractivity contribution in [2.24, 2.45) is 11.3 Å². The fraction of sp³-hybridized carbons (Fsp3) is 0.452. The molecule has 2 aliphatic rings. The Hall–Kier alpha value is -0.747. The summed E-state index contributed by atoms with van der Waals surface area (Å²) < 4.78 is 5.29. The van der Waals surface area contributed by atoms with Crippen molar-refractivity contribution >= 4 is 6.48 Å². The maximum absolute atomic E-state index is 2.64. The number of halogens is 2. The van der Waals surface area contributed by atoms with Crippen molar-refractivity contribution in [3.63, 3.8) is 0 Å². The van der Waals surface area contributed by atoms with E-state index in [1.54, 1.807) is 26.5 Å². The predicted molar refractivity (Wildman–Crippen MR) is 139 cm³/mol. The summed E-state index contributed by atoms with van der Waals surface area (Å²) in [6.45, 7) is 23.6. The Balaban J connectivity index is 0.00000204. The fourth-order valence-corrected chi connectivity index (χ4v) is 14.0. The third-order valence-corrected chi connectivity index (χ3v) is 15.8. The maximum Gasteiger partial charge on any atom is -1.00 e. The number of hydrogen-bond donors (Lipinski definition) is 0. The second kappa shape index (κ2) is 10.7. The molecule has 3 heteroatoms. The standard InChI is InChI=1S/C17H17.C11H17.C3H6.2ClH.Zr/c1-10-5-14-9-15-6-11(2)13(4)8-17(15)16(14)7-12(10)3;1-5-9-6-7-10(8-9)11(2,3)4;1-3-2;;;/h5,7-8H,9H2,1-4H3;7-9H,5H2,1-4H3;1-2H3;2*1H;/q;;;;;+2/p-2. The summed E-state index contributed by atoms with van der Waals surface area (Å²) in [4.78, 5) is 0. The van der Waals surface area contributed by atoms with Crippen LogP contribution in [0.2, 0.25) is 0 Å². The zero-order chi connectivity index (χ0) is 23.5. The first-order chi connectivity index (χ1) is 14.9. The van der Waals surface area contributed by atoms with Gasteiger partial charge in [-0.1, -0.05) is 0 Å². The number of aryl methyl sites for hydroxylation is 3. The first-order valence-corrected chi connectivity index (χ1v) is 16.0. The normalized spacial score (nSPS) is 15.9. The molecule has 2 aromatic carbocycles. The molecule has 1 atom stereocenters. The van der Waals surface area contributed by atoms with Gasteiger partial charge in [-0.2, -0.15) is 0 Å². The smallest absolute Gasteiger partial charge is 1.00 e. The molecule has 0 nitrogen and oxygen atoms in total. The van der Waals surface area contributed by atoms with Crippen LogP contribution < -0.4 is 28.1 Å². The third-order valence-electron chi connectivity index (χ3n) is 7.77. The molecule has 0 bridgehead atoms. The molecule has 0 saturated carbocycles. The van der Waals surface area contributed by atoms with Crippen molar-refractivity contribution in [1.82, 2.24) is 0 Å². The number of benzene rings is 2. The van der Waals surface area contributed by atoms with Crippen molar-refractivity contribution in [2.45, 2.75) is 82.1 Å². The fourth-order valence-electron chi connectivity index (χ4n) is 5.57. The number of hydrogen-bond acceptors (Lipinski definition) is 0. The van der Waals surface area contributed by atoms with Gasteiger partial charge in [-0.05, 0) is 0 Å². The van der Waals surface area contributed by atoms with Crippen LogP contribution in [0.3, 0.4) is 0 Å². The molecule has 0 spiro atoms. The summed E-state index contributed by atoms with van der Waals surface area (Å²) >= 11 is -2.21. The number of fused-ring (bicyclic) bond motifs is 3. The van der Waals surface area contributed by atoms with E-state index < -0.39 is 21.3 Å². The van der Waals surface area contributed by atoms with Gasteiger partial charge in [0.25, 0.3) is 0 Å². The van der Waals surface area contributed by atoms with E-state index in [-0.39, 0.29) is 30.2 Å². The van der Waals surface area contributed by atoms with Gasteiger partial charge in [0.2, 0.25) is 0 Å². The van der Waals surface area contributed by atoms with Gasteiger partial charge in [0.1, 0.15) is 0 Å². The van der Waals surface area contributed by atoms with Gasteiger partial charge < -0.3 is 24.8 Å². The Kier molecular flexibility index (Phi) is 9.28. The van der Waals surface area contributed by atoms with Crippen molar-refractivity contribution in [1.29, 1.82) is 0 Å². The van der Waals surface area contributed by atoms with Crippen molar-refractivity contribution in [2.75, 3.05) is 0 Å². The van der Waals surface area contributed by atoms with E-state index in [1.807, 2.05) is 0 Å². The molecule has 0 aromatic heterocycles. The summed E-state index contributed by atoms with van der Waals surface area (Å²) in [7, 11) is 0. The van der Waals surface area contributed by atoms with Gasteiger partial charge in [-0.15, -0.1) is 0 Å². The molecule has 34 heavy (non-hydrogen) atoms. The Morgan fingerprint density at radius 3 is 2.06 bits per heavy atom. The first kappa shape index (κ1) is 29.5. The van der Waals surface area contributed by atoms with Gasteiger partial charge in [0.15, 0.2) is 0 Å². The van der Waals surface area contributed by atoms with Crippen LogP contribution in [-0.2, 0) is 27.7 Å². The molecule has 182 valence electrons. The van der Waals surface area contributed by atoms with Crippen LogP contribution in [0.5, 0.6) is 0 Å². The third kappa shape index (κ3) is 5.05. The summed E-state index contributed by atoms with van der Waals surface area (Å²) in [5, 5.41) is 0. The van der Waals surface area contributed by atoms with Crippen molar-refractivity contribution < 1.29 is 46.1 Å². The van der Waals surface area contributed by atoms with E-state index in [0.29, 0.717) is 5.92 Å². The summed E-state index contributed by atoms with van der Waals surface area (Å²) in [6.07, 6.45) is 7.57. The monoisotopic (exact) mass is 572 g/mol. The van der Waals surface area contributed by atoms with Gasteiger partial charge >= 0.3 is 205 Å². The average molecular weight is 575 g/mol. The Morgan fingerprint density at radius 2 is 1.50 bits per heavy atom. The predicted octanol–water partition coefficient (Wildman–Crippen LogP) is 1.85. The molecule has 2 aromatic rings. The second-order valence-corrected chi connectivity index (χ2v) is 18.3. The zero-order valence-corrected chi connectivity index (χ0v) is 26.6. The summed E-state index contributed by atoms with van der Waals surface area (Å²) in [5.41, 5.74) is 13.9. The van der Waals surface area contributed by atoms with Crippen LogP contribution in [0.1, 0.15) is 81.3 Å². The Labute approximate surface area is 228 Å². The summed E-state index contributed by atoms with van der Waals surface area (Å²) in [6, 6.07) is 7.39. The van der Waals surface area contributed by atoms with Crippen LogP contribution in [0.4, 0.5) is 0 Å². The second-order valence-electron chi connectivity index (χ2n) is 11.4. The minimum Gasteiger partial charge on any atom is -1.00 e. The molecule has 0 N–H and O–H groups in total.